The molecule has 1 rings (SSSR count). The molecule has 2 nitrogen and oxygen atoms in total. The van der Waals surface area contributed by atoms with Crippen LogP contribution in [0.3, 0.4) is 0 Å². The van der Waals surface area contributed by atoms with E-state index in [2.05, 4.69) is 64.1 Å². The predicted molar refractivity (Wildman–Crippen MR) is 128 cm³/mol. The highest BCUT2D eigenvalue weighted by Gasteiger charge is 1.99. The second-order valence-corrected chi connectivity index (χ2v) is 8.05. The zero-order valence-electron chi connectivity index (χ0n) is 19.0. The Balaban J connectivity index is 0. The summed E-state index contributed by atoms with van der Waals surface area (Å²) in [6.07, 6.45) is 14.4. The molecule has 1 aromatic rings. The van der Waals surface area contributed by atoms with E-state index < -0.39 is 0 Å². The number of hydrogen-bond donors (Lipinski definition) is 1. The van der Waals surface area contributed by atoms with Gasteiger partial charge in [0.05, 0.1) is 0 Å². The van der Waals surface area contributed by atoms with Crippen LogP contribution >= 0.6 is 11.8 Å². The molecule has 1 unspecified atom stereocenters. The summed E-state index contributed by atoms with van der Waals surface area (Å²) in [5, 5.41) is 7.00. The molecular formula is C25H44O2S. The maximum Gasteiger partial charge on any atom is 0.120 e. The summed E-state index contributed by atoms with van der Waals surface area (Å²) in [7, 11) is 1.00. The van der Waals surface area contributed by atoms with Crippen LogP contribution < -0.4 is 0 Å². The number of carbonyl (C=O) groups excluding carboxylic acids is 1. The smallest absolute Gasteiger partial charge is 0.120 e. The number of hydrogen-bond acceptors (Lipinski definition) is 3. The first-order chi connectivity index (χ1) is 13.7. The zero-order valence-corrected chi connectivity index (χ0v) is 19.8. The molecule has 0 heterocycles. The Hall–Kier alpha value is -1.06. The zero-order chi connectivity index (χ0) is 21.5. The lowest BCUT2D eigenvalue weighted by atomic mass is 10.0. The van der Waals surface area contributed by atoms with Gasteiger partial charge in [0, 0.05) is 13.5 Å². The van der Waals surface area contributed by atoms with Gasteiger partial charge in [0.15, 0.2) is 0 Å². The average Bonchev–Trinajstić information content (AvgIpc) is 2.73. The first-order valence-electron chi connectivity index (χ1n) is 10.9. The van der Waals surface area contributed by atoms with E-state index in [9.17, 15) is 4.79 Å². The van der Waals surface area contributed by atoms with Crippen molar-refractivity contribution in [3.8, 4) is 0 Å². The molecule has 0 radical (unpaired) electrons. The van der Waals surface area contributed by atoms with E-state index in [-0.39, 0.29) is 0 Å². The average molecular weight is 409 g/mol. The molecule has 3 heteroatoms. The fraction of sp³-hybridized carbons (Fsp3) is 0.640. The number of unbranched alkanes of at least 4 members (excludes halogenated alkanes) is 1. The number of aryl methyl sites for hydroxylation is 2. The standard InChI is InChI=1S/C18H26O.C6H14S.CH4O/c1-3-8-17-11-7-12-18(15-17)10-6-5-9-16(4-2)13-14-19;1-3-5-6-7-4-2;1-2/h5,7,9,11-12,14-16H,3-4,6,8,10,13H2,1-2H3;3-6H2,1-2H3;2H,1H3/b9-5+;;. The van der Waals surface area contributed by atoms with E-state index >= 15 is 0 Å². The van der Waals surface area contributed by atoms with E-state index in [0.717, 1.165) is 32.7 Å². The maximum absolute atomic E-state index is 10.5. The highest BCUT2D eigenvalue weighted by atomic mass is 32.2. The second kappa shape index (κ2) is 24.0. The fourth-order valence-corrected chi connectivity index (χ4v) is 3.45. The summed E-state index contributed by atoms with van der Waals surface area (Å²) < 4.78 is 0. The van der Waals surface area contributed by atoms with Crippen molar-refractivity contribution in [2.75, 3.05) is 18.6 Å². The van der Waals surface area contributed by atoms with E-state index in [1.165, 1.54) is 48.3 Å². The molecule has 0 aliphatic heterocycles. The van der Waals surface area contributed by atoms with Gasteiger partial charge in [0.2, 0.25) is 0 Å². The quantitative estimate of drug-likeness (QED) is 0.219. The summed E-state index contributed by atoms with van der Waals surface area (Å²) in [5.41, 5.74) is 2.86. The highest BCUT2D eigenvalue weighted by molar-refractivity contribution is 7.99. The van der Waals surface area contributed by atoms with Crippen LogP contribution in [0.1, 0.15) is 77.3 Å². The predicted octanol–water partition coefficient (Wildman–Crippen LogP) is 6.89. The number of aldehydes is 1. The number of aliphatic hydroxyl groups excluding tert-OH is 1. The minimum absolute atomic E-state index is 0.420. The van der Waals surface area contributed by atoms with Crippen molar-refractivity contribution in [3.05, 3.63) is 47.5 Å². The van der Waals surface area contributed by atoms with Crippen LogP contribution in [0, 0.1) is 5.92 Å². The lowest BCUT2D eigenvalue weighted by Crippen LogP contribution is -1.94. The normalized spacial score (nSPS) is 11.2. The summed E-state index contributed by atoms with van der Waals surface area (Å²) in [4.78, 5) is 10.5. The number of allylic oxidation sites excluding steroid dienone is 2. The van der Waals surface area contributed by atoms with Crippen molar-refractivity contribution >= 4 is 18.0 Å². The van der Waals surface area contributed by atoms with Crippen molar-refractivity contribution < 1.29 is 9.90 Å². The summed E-state index contributed by atoms with van der Waals surface area (Å²) in [6.45, 7) is 8.79. The Morgan fingerprint density at radius 3 is 2.25 bits per heavy atom. The topological polar surface area (TPSA) is 37.3 Å². The van der Waals surface area contributed by atoms with E-state index in [1.54, 1.807) is 0 Å². The molecule has 1 N–H and O–H groups in total. The van der Waals surface area contributed by atoms with Crippen LogP contribution in [0.4, 0.5) is 0 Å². The Labute approximate surface area is 179 Å². The first kappa shape index (κ1) is 29.1. The third-order valence-electron chi connectivity index (χ3n) is 4.31. The van der Waals surface area contributed by atoms with Gasteiger partial charge < -0.3 is 9.90 Å². The number of carbonyl (C=O) groups is 1. The number of benzene rings is 1. The Bertz CT molecular complexity index is 467. The minimum Gasteiger partial charge on any atom is -0.400 e. The van der Waals surface area contributed by atoms with Crippen molar-refractivity contribution in [2.24, 2.45) is 5.92 Å². The largest absolute Gasteiger partial charge is 0.400 e. The number of rotatable bonds is 13. The molecule has 0 aromatic heterocycles. The molecule has 0 amide bonds. The molecule has 0 aliphatic rings. The highest BCUT2D eigenvalue weighted by Crippen LogP contribution is 2.12. The Morgan fingerprint density at radius 2 is 1.71 bits per heavy atom. The van der Waals surface area contributed by atoms with Gasteiger partial charge in [-0.25, -0.2) is 0 Å². The molecule has 0 aliphatic carbocycles. The van der Waals surface area contributed by atoms with Gasteiger partial charge in [-0.2, -0.15) is 11.8 Å². The number of thioether (sulfide) groups is 1. The summed E-state index contributed by atoms with van der Waals surface area (Å²) in [5.74, 6) is 3.05. The Morgan fingerprint density at radius 1 is 1.04 bits per heavy atom. The van der Waals surface area contributed by atoms with Crippen molar-refractivity contribution in [1.82, 2.24) is 0 Å². The number of aliphatic hydroxyl groups is 1. The van der Waals surface area contributed by atoms with Gasteiger partial charge in [-0.05, 0) is 60.7 Å². The first-order valence-corrected chi connectivity index (χ1v) is 12.1. The minimum atomic E-state index is 0.420. The second-order valence-electron chi connectivity index (χ2n) is 6.66. The third-order valence-corrected chi connectivity index (χ3v) is 5.29. The van der Waals surface area contributed by atoms with Crippen LogP contribution in [-0.4, -0.2) is 30.0 Å². The molecule has 162 valence electrons. The molecule has 0 bridgehead atoms. The Kier molecular flexibility index (Phi) is 25.0. The van der Waals surface area contributed by atoms with E-state index in [4.69, 9.17) is 5.11 Å². The summed E-state index contributed by atoms with van der Waals surface area (Å²) in [6, 6.07) is 8.89. The molecule has 0 fully saturated rings. The van der Waals surface area contributed by atoms with Crippen LogP contribution in [0.5, 0.6) is 0 Å². The van der Waals surface area contributed by atoms with Crippen LogP contribution in [0.2, 0.25) is 0 Å². The van der Waals surface area contributed by atoms with Gasteiger partial charge in [-0.3, -0.25) is 0 Å². The van der Waals surface area contributed by atoms with Crippen molar-refractivity contribution in [1.29, 1.82) is 0 Å². The lowest BCUT2D eigenvalue weighted by Gasteiger charge is -2.05. The molecule has 0 saturated carbocycles. The SMILES string of the molecule is CCCCSCC.CCCc1cccc(CC/C=C/C(CC)CC=O)c1.CO. The van der Waals surface area contributed by atoms with Gasteiger partial charge in [0.1, 0.15) is 6.29 Å². The summed E-state index contributed by atoms with van der Waals surface area (Å²) >= 11 is 2.03. The van der Waals surface area contributed by atoms with Gasteiger partial charge in [-0.1, -0.05) is 77.0 Å². The van der Waals surface area contributed by atoms with Gasteiger partial charge >= 0.3 is 0 Å². The molecule has 0 spiro atoms. The van der Waals surface area contributed by atoms with Crippen molar-refractivity contribution in [3.63, 3.8) is 0 Å². The van der Waals surface area contributed by atoms with E-state index in [0.29, 0.717) is 12.3 Å². The lowest BCUT2D eigenvalue weighted by molar-refractivity contribution is -0.108. The molecule has 28 heavy (non-hydrogen) atoms. The van der Waals surface area contributed by atoms with Gasteiger partial charge in [0.25, 0.3) is 0 Å². The van der Waals surface area contributed by atoms with E-state index in [1.807, 2.05) is 11.8 Å². The molecule has 1 aromatic carbocycles. The van der Waals surface area contributed by atoms with Crippen LogP contribution in [0.25, 0.3) is 0 Å². The third kappa shape index (κ3) is 18.3. The molecule has 0 saturated heterocycles. The fourth-order valence-electron chi connectivity index (χ4n) is 2.66. The molecule has 1 atom stereocenters. The van der Waals surface area contributed by atoms with Crippen LogP contribution in [0.15, 0.2) is 36.4 Å². The van der Waals surface area contributed by atoms with Crippen LogP contribution in [-0.2, 0) is 17.6 Å². The van der Waals surface area contributed by atoms with Gasteiger partial charge in [-0.15, -0.1) is 0 Å². The monoisotopic (exact) mass is 408 g/mol. The van der Waals surface area contributed by atoms with Crippen molar-refractivity contribution in [2.45, 2.75) is 79.1 Å². The molecular weight excluding hydrogens is 364 g/mol. The maximum atomic E-state index is 10.5.